The summed E-state index contributed by atoms with van der Waals surface area (Å²) in [7, 11) is -4.09. The first-order chi connectivity index (χ1) is 14.7. The second-order valence-corrected chi connectivity index (χ2v) is 9.69. The molecule has 3 atom stereocenters. The van der Waals surface area contributed by atoms with Crippen LogP contribution in [-0.2, 0) is 29.0 Å². The molecule has 0 aromatic heterocycles. The van der Waals surface area contributed by atoms with Gasteiger partial charge in [0, 0.05) is 6.42 Å². The predicted molar refractivity (Wildman–Crippen MR) is 113 cm³/mol. The Morgan fingerprint density at radius 2 is 1.94 bits per heavy atom. The lowest BCUT2D eigenvalue weighted by molar-refractivity contribution is -0.154. The van der Waals surface area contributed by atoms with Gasteiger partial charge in [0.25, 0.3) is 0 Å². The van der Waals surface area contributed by atoms with E-state index < -0.39 is 52.5 Å². The summed E-state index contributed by atoms with van der Waals surface area (Å²) in [5.41, 5.74) is 0.728. The smallest absolute Gasteiger partial charge is 0.335 e. The van der Waals surface area contributed by atoms with E-state index in [0.29, 0.717) is 5.56 Å². The van der Waals surface area contributed by atoms with Crippen molar-refractivity contribution in [1.29, 1.82) is 0 Å². The molecule has 2 aliphatic rings. The highest BCUT2D eigenvalue weighted by molar-refractivity contribution is 7.93. The number of rotatable bonds is 7. The largest absolute Gasteiger partial charge is 0.463 e. The maximum Gasteiger partial charge on any atom is 0.335 e. The molecule has 31 heavy (non-hydrogen) atoms. The number of para-hydroxylation sites is 1. The first kappa shape index (κ1) is 24.0. The highest BCUT2D eigenvalue weighted by Crippen LogP contribution is 2.41. The molecule has 3 N–H and O–H groups in total. The summed E-state index contributed by atoms with van der Waals surface area (Å²) in [6.45, 7) is 2.58. The van der Waals surface area contributed by atoms with Gasteiger partial charge in [-0.3, -0.25) is 4.72 Å². The SMILES string of the molecule is CCOC(=O)C1=CC2(CCC1S(=O)(=O)Nc1c(C)cccc1Cl)O[C@H](CO)[C@@H](CO)O2. The van der Waals surface area contributed by atoms with E-state index in [0.717, 1.165) is 0 Å². The van der Waals surface area contributed by atoms with Gasteiger partial charge in [0.2, 0.25) is 10.0 Å². The Morgan fingerprint density at radius 3 is 2.48 bits per heavy atom. The second kappa shape index (κ2) is 9.43. The molecule has 1 aliphatic carbocycles. The van der Waals surface area contributed by atoms with Gasteiger partial charge in [-0.05, 0) is 38.0 Å². The van der Waals surface area contributed by atoms with Crippen LogP contribution in [0.1, 0.15) is 25.3 Å². The van der Waals surface area contributed by atoms with Crippen LogP contribution in [0.3, 0.4) is 0 Å². The van der Waals surface area contributed by atoms with Crippen LogP contribution in [0.25, 0.3) is 0 Å². The number of hydrogen-bond acceptors (Lipinski definition) is 8. The minimum Gasteiger partial charge on any atom is -0.463 e. The number of carbonyl (C=O) groups excluding carboxylic acids is 1. The van der Waals surface area contributed by atoms with Crippen molar-refractivity contribution in [3.63, 3.8) is 0 Å². The molecule has 0 bridgehead atoms. The number of aliphatic hydroxyl groups is 2. The topological polar surface area (TPSA) is 131 Å². The molecule has 1 heterocycles. The number of aryl methyl sites for hydroxylation is 1. The van der Waals surface area contributed by atoms with Gasteiger partial charge < -0.3 is 24.4 Å². The normalized spacial score (nSPS) is 25.3. The molecule has 1 unspecified atom stereocenters. The van der Waals surface area contributed by atoms with E-state index in [9.17, 15) is 23.4 Å². The summed E-state index contributed by atoms with van der Waals surface area (Å²) in [4.78, 5) is 12.7. The van der Waals surface area contributed by atoms with Crippen LogP contribution in [-0.4, -0.2) is 67.7 Å². The molecule has 0 saturated carbocycles. The number of benzene rings is 1. The third-order valence-corrected chi connectivity index (χ3v) is 7.35. The van der Waals surface area contributed by atoms with Gasteiger partial charge >= 0.3 is 5.97 Å². The third kappa shape index (κ3) is 4.89. The average Bonchev–Trinajstić information content (AvgIpc) is 3.08. The van der Waals surface area contributed by atoms with Gasteiger partial charge in [0.15, 0.2) is 5.79 Å². The van der Waals surface area contributed by atoms with Crippen molar-refractivity contribution in [2.75, 3.05) is 24.5 Å². The maximum absolute atomic E-state index is 13.2. The summed E-state index contributed by atoms with van der Waals surface area (Å²) in [5, 5.41) is 18.0. The van der Waals surface area contributed by atoms with Crippen molar-refractivity contribution in [2.45, 2.75) is 49.9 Å². The van der Waals surface area contributed by atoms with E-state index in [1.54, 1.807) is 32.0 Å². The van der Waals surface area contributed by atoms with Gasteiger partial charge in [0.1, 0.15) is 17.5 Å². The molecule has 1 spiro atoms. The Kier molecular flexibility index (Phi) is 7.29. The standard InChI is InChI=1S/C20H26ClNO8S/c1-3-28-19(25)13-9-20(29-15(10-23)16(11-24)30-20)8-7-17(13)31(26,27)22-18-12(2)5-4-6-14(18)21/h4-6,9,15-17,22-24H,3,7-8,10-11H2,1-2H3/t15-,16-,17?/m1/s1. The van der Waals surface area contributed by atoms with Crippen LogP contribution < -0.4 is 4.72 Å². The lowest BCUT2D eigenvalue weighted by Gasteiger charge is -2.33. The van der Waals surface area contributed by atoms with E-state index >= 15 is 0 Å². The zero-order valence-corrected chi connectivity index (χ0v) is 18.8. The number of esters is 1. The molecule has 1 aromatic carbocycles. The first-order valence-corrected chi connectivity index (χ1v) is 11.8. The number of carbonyl (C=O) groups is 1. The van der Waals surface area contributed by atoms with Gasteiger partial charge in [-0.2, -0.15) is 0 Å². The fraction of sp³-hybridized carbons (Fsp3) is 0.550. The monoisotopic (exact) mass is 475 g/mol. The maximum atomic E-state index is 13.2. The van der Waals surface area contributed by atoms with Crippen molar-refractivity contribution in [1.82, 2.24) is 0 Å². The van der Waals surface area contributed by atoms with E-state index in [2.05, 4.69) is 4.72 Å². The lowest BCUT2D eigenvalue weighted by atomic mass is 9.94. The molecule has 9 nitrogen and oxygen atoms in total. The van der Waals surface area contributed by atoms with Crippen LogP contribution in [0, 0.1) is 6.92 Å². The molecule has 3 rings (SSSR count). The third-order valence-electron chi connectivity index (χ3n) is 5.31. The molecule has 11 heteroatoms. The minimum absolute atomic E-state index is 0.0141. The first-order valence-electron chi connectivity index (χ1n) is 9.90. The van der Waals surface area contributed by atoms with Gasteiger partial charge in [0.05, 0.1) is 36.1 Å². The highest BCUT2D eigenvalue weighted by atomic mass is 35.5. The number of sulfonamides is 1. The fourth-order valence-corrected chi connectivity index (χ4v) is 5.73. The average molecular weight is 476 g/mol. The number of ether oxygens (including phenoxy) is 3. The number of hydrogen-bond donors (Lipinski definition) is 3. The van der Waals surface area contributed by atoms with Crippen LogP contribution in [0.2, 0.25) is 5.02 Å². The van der Waals surface area contributed by atoms with E-state index in [1.165, 1.54) is 6.08 Å². The molecule has 0 amide bonds. The van der Waals surface area contributed by atoms with Gasteiger partial charge in [-0.15, -0.1) is 0 Å². The molecule has 1 saturated heterocycles. The summed E-state index contributed by atoms with van der Waals surface area (Å²) in [6, 6.07) is 4.98. The molecule has 1 aliphatic heterocycles. The molecule has 172 valence electrons. The number of anilines is 1. The lowest BCUT2D eigenvalue weighted by Crippen LogP contribution is -2.43. The van der Waals surface area contributed by atoms with Crippen molar-refractivity contribution in [2.24, 2.45) is 0 Å². The predicted octanol–water partition coefficient (Wildman–Crippen LogP) is 1.51. The molecule has 0 radical (unpaired) electrons. The Labute approximate surface area is 186 Å². The van der Waals surface area contributed by atoms with Crippen LogP contribution in [0.15, 0.2) is 29.8 Å². The summed E-state index contributed by atoms with van der Waals surface area (Å²) in [6.07, 6.45) is -0.241. The fourth-order valence-electron chi connectivity index (χ4n) is 3.78. The summed E-state index contributed by atoms with van der Waals surface area (Å²) in [5.74, 6) is -2.25. The number of nitrogens with one attached hydrogen (secondary N) is 1. The zero-order chi connectivity index (χ0) is 22.8. The Balaban J connectivity index is 1.97. The molecule has 1 aromatic rings. The zero-order valence-electron chi connectivity index (χ0n) is 17.2. The second-order valence-electron chi connectivity index (χ2n) is 7.42. The van der Waals surface area contributed by atoms with Crippen molar-refractivity contribution in [3.8, 4) is 0 Å². The Bertz CT molecular complexity index is 932. The molecule has 1 fully saturated rings. The minimum atomic E-state index is -4.09. The van der Waals surface area contributed by atoms with Crippen molar-refractivity contribution in [3.05, 3.63) is 40.4 Å². The molecular formula is C20H26ClNO8S. The summed E-state index contributed by atoms with van der Waals surface area (Å²) >= 11 is 6.17. The molecular weight excluding hydrogens is 450 g/mol. The Morgan fingerprint density at radius 1 is 1.29 bits per heavy atom. The quantitative estimate of drug-likeness (QED) is 0.506. The Hall–Kier alpha value is -1.69. The van der Waals surface area contributed by atoms with E-state index in [-0.39, 0.29) is 35.7 Å². The number of aliphatic hydroxyl groups excluding tert-OH is 2. The van der Waals surface area contributed by atoms with Crippen molar-refractivity contribution >= 4 is 33.3 Å². The van der Waals surface area contributed by atoms with Crippen LogP contribution in [0.5, 0.6) is 0 Å². The van der Waals surface area contributed by atoms with E-state index in [4.69, 9.17) is 25.8 Å². The van der Waals surface area contributed by atoms with E-state index in [1.807, 2.05) is 0 Å². The van der Waals surface area contributed by atoms with Crippen LogP contribution >= 0.6 is 11.6 Å². The van der Waals surface area contributed by atoms with Crippen molar-refractivity contribution < 1.29 is 37.6 Å². The highest BCUT2D eigenvalue weighted by Gasteiger charge is 2.51. The number of halogens is 1. The summed E-state index contributed by atoms with van der Waals surface area (Å²) < 4.78 is 45.6. The van der Waals surface area contributed by atoms with Gasteiger partial charge in [-0.1, -0.05) is 23.7 Å². The van der Waals surface area contributed by atoms with Crippen LogP contribution in [0.4, 0.5) is 5.69 Å². The van der Waals surface area contributed by atoms with Gasteiger partial charge in [-0.25, -0.2) is 13.2 Å².